The van der Waals surface area contributed by atoms with Gasteiger partial charge in [0.25, 0.3) is 0 Å². The van der Waals surface area contributed by atoms with Crippen LogP contribution in [0.2, 0.25) is 0 Å². The molecule has 1 aliphatic carbocycles. The van der Waals surface area contributed by atoms with Gasteiger partial charge in [0.2, 0.25) is 0 Å². The molecule has 2 heteroatoms. The van der Waals surface area contributed by atoms with E-state index in [1.54, 1.807) is 0 Å². The minimum atomic E-state index is 0.0490. The lowest BCUT2D eigenvalue weighted by Crippen LogP contribution is -2.34. The summed E-state index contributed by atoms with van der Waals surface area (Å²) in [7, 11) is 0. The largest absolute Gasteiger partial charge is 0.396 e. The third-order valence-corrected chi connectivity index (χ3v) is 4.00. The highest BCUT2D eigenvalue weighted by atomic mass is 16.3. The molecule has 0 spiro atoms. The minimum Gasteiger partial charge on any atom is -0.396 e. The highest BCUT2D eigenvalue weighted by Gasteiger charge is 2.35. The van der Waals surface area contributed by atoms with E-state index in [0.29, 0.717) is 6.54 Å². The first-order valence-electron chi connectivity index (χ1n) is 7.07. The van der Waals surface area contributed by atoms with Gasteiger partial charge < -0.3 is 10.8 Å². The van der Waals surface area contributed by atoms with E-state index in [-0.39, 0.29) is 12.0 Å². The van der Waals surface area contributed by atoms with Gasteiger partial charge >= 0.3 is 0 Å². The zero-order chi connectivity index (χ0) is 11.9. The molecule has 0 bridgehead atoms. The highest BCUT2D eigenvalue weighted by Crippen LogP contribution is 2.42. The van der Waals surface area contributed by atoms with Gasteiger partial charge in [-0.2, -0.15) is 0 Å². The molecule has 1 aliphatic rings. The van der Waals surface area contributed by atoms with Crippen LogP contribution in [0.5, 0.6) is 0 Å². The summed E-state index contributed by atoms with van der Waals surface area (Å²) in [5.41, 5.74) is 5.92. The molecule has 1 rings (SSSR count). The van der Waals surface area contributed by atoms with E-state index >= 15 is 0 Å². The molecule has 0 aliphatic heterocycles. The number of nitrogens with two attached hydrogens (primary N) is 1. The summed E-state index contributed by atoms with van der Waals surface area (Å²) in [6, 6.07) is 0. The van der Waals surface area contributed by atoms with Crippen molar-refractivity contribution < 1.29 is 5.11 Å². The van der Waals surface area contributed by atoms with E-state index in [0.717, 1.165) is 18.8 Å². The Kier molecular flexibility index (Phi) is 6.37. The van der Waals surface area contributed by atoms with Gasteiger partial charge in [-0.3, -0.25) is 0 Å². The molecule has 0 heterocycles. The van der Waals surface area contributed by atoms with E-state index in [4.69, 9.17) is 5.73 Å². The Bertz CT molecular complexity index is 174. The fraction of sp³-hybridized carbons (Fsp3) is 1.00. The van der Waals surface area contributed by atoms with Crippen molar-refractivity contribution in [3.8, 4) is 0 Å². The first-order valence-corrected chi connectivity index (χ1v) is 7.07. The van der Waals surface area contributed by atoms with Crippen LogP contribution in [0, 0.1) is 11.3 Å². The maximum Gasteiger partial charge on any atom is 0.0499 e. The summed E-state index contributed by atoms with van der Waals surface area (Å²) in [5.74, 6) is 0.867. The van der Waals surface area contributed by atoms with Crippen molar-refractivity contribution >= 4 is 0 Å². The maximum atomic E-state index is 9.58. The predicted octanol–water partition coefficient (Wildman–Crippen LogP) is 3.08. The topological polar surface area (TPSA) is 46.2 Å². The first-order chi connectivity index (χ1) is 7.76. The van der Waals surface area contributed by atoms with Crippen molar-refractivity contribution in [2.75, 3.05) is 13.2 Å². The van der Waals surface area contributed by atoms with Crippen LogP contribution in [0.1, 0.15) is 64.7 Å². The lowest BCUT2D eigenvalue weighted by Gasteiger charge is -2.30. The summed E-state index contributed by atoms with van der Waals surface area (Å²) in [5, 5.41) is 9.58. The van der Waals surface area contributed by atoms with Gasteiger partial charge in [0.1, 0.15) is 0 Å². The molecule has 0 aromatic carbocycles. The average Bonchev–Trinajstić information content (AvgIpc) is 3.11. The SMILES string of the molecule is CCCCCCCC(CN)(CO)CC1CC1. The Morgan fingerprint density at radius 1 is 1.19 bits per heavy atom. The van der Waals surface area contributed by atoms with Gasteiger partial charge in [-0.05, 0) is 18.8 Å². The summed E-state index contributed by atoms with van der Waals surface area (Å²) < 4.78 is 0. The molecule has 1 fully saturated rings. The van der Waals surface area contributed by atoms with Gasteiger partial charge in [0.05, 0.1) is 0 Å². The second-order valence-corrected chi connectivity index (χ2v) is 5.67. The number of rotatable bonds is 10. The second kappa shape index (κ2) is 7.29. The predicted molar refractivity (Wildman–Crippen MR) is 69.3 cm³/mol. The van der Waals surface area contributed by atoms with Crippen LogP contribution in [0.15, 0.2) is 0 Å². The van der Waals surface area contributed by atoms with Crippen molar-refractivity contribution in [1.82, 2.24) is 0 Å². The molecule has 0 aromatic heterocycles. The molecule has 0 aromatic rings. The summed E-state index contributed by atoms with van der Waals surface area (Å²) in [6.45, 7) is 3.19. The van der Waals surface area contributed by atoms with Gasteiger partial charge in [-0.25, -0.2) is 0 Å². The van der Waals surface area contributed by atoms with E-state index in [1.165, 1.54) is 44.9 Å². The molecular formula is C14H29NO. The van der Waals surface area contributed by atoms with E-state index in [1.807, 2.05) is 0 Å². The number of hydrogen-bond donors (Lipinski definition) is 2. The molecule has 2 nitrogen and oxygen atoms in total. The lowest BCUT2D eigenvalue weighted by molar-refractivity contribution is 0.103. The third-order valence-electron chi connectivity index (χ3n) is 4.00. The Hall–Kier alpha value is -0.0800. The quantitative estimate of drug-likeness (QED) is 0.563. The van der Waals surface area contributed by atoms with Crippen LogP contribution >= 0.6 is 0 Å². The van der Waals surface area contributed by atoms with Crippen molar-refractivity contribution in [1.29, 1.82) is 0 Å². The standard InChI is InChI=1S/C14H29NO/c1-2-3-4-5-6-9-14(11-15,12-16)10-13-7-8-13/h13,16H,2-12,15H2,1H3. The second-order valence-electron chi connectivity index (χ2n) is 5.67. The first kappa shape index (κ1) is 14.0. The Balaban J connectivity index is 2.20. The fourth-order valence-corrected chi connectivity index (χ4v) is 2.53. The Labute approximate surface area is 101 Å². The van der Waals surface area contributed by atoms with Crippen molar-refractivity contribution in [3.63, 3.8) is 0 Å². The van der Waals surface area contributed by atoms with Gasteiger partial charge in [0, 0.05) is 18.6 Å². The van der Waals surface area contributed by atoms with Crippen LogP contribution in [-0.2, 0) is 0 Å². The molecule has 0 amide bonds. The summed E-state index contributed by atoms with van der Waals surface area (Å²) in [4.78, 5) is 0. The lowest BCUT2D eigenvalue weighted by atomic mass is 9.78. The molecule has 3 N–H and O–H groups in total. The Morgan fingerprint density at radius 3 is 2.38 bits per heavy atom. The van der Waals surface area contributed by atoms with Gasteiger partial charge in [-0.1, -0.05) is 51.9 Å². The van der Waals surface area contributed by atoms with Crippen LogP contribution in [-0.4, -0.2) is 18.3 Å². The zero-order valence-corrected chi connectivity index (χ0v) is 10.9. The van der Waals surface area contributed by atoms with Crippen molar-refractivity contribution in [2.24, 2.45) is 17.1 Å². The van der Waals surface area contributed by atoms with E-state index in [9.17, 15) is 5.11 Å². The molecule has 0 saturated heterocycles. The highest BCUT2D eigenvalue weighted by molar-refractivity contribution is 4.87. The van der Waals surface area contributed by atoms with Crippen molar-refractivity contribution in [3.05, 3.63) is 0 Å². The monoisotopic (exact) mass is 227 g/mol. The number of aliphatic hydroxyl groups is 1. The smallest absolute Gasteiger partial charge is 0.0499 e. The normalized spacial score (nSPS) is 19.7. The van der Waals surface area contributed by atoms with Crippen molar-refractivity contribution in [2.45, 2.75) is 64.7 Å². The molecule has 0 radical (unpaired) electrons. The number of unbranched alkanes of at least 4 members (excludes halogenated alkanes) is 4. The van der Waals surface area contributed by atoms with Crippen LogP contribution < -0.4 is 5.73 Å². The van der Waals surface area contributed by atoms with E-state index in [2.05, 4.69) is 6.92 Å². The average molecular weight is 227 g/mol. The molecule has 1 unspecified atom stereocenters. The zero-order valence-electron chi connectivity index (χ0n) is 10.9. The molecule has 96 valence electrons. The Morgan fingerprint density at radius 2 is 1.88 bits per heavy atom. The molecular weight excluding hydrogens is 198 g/mol. The van der Waals surface area contributed by atoms with Gasteiger partial charge in [-0.15, -0.1) is 0 Å². The van der Waals surface area contributed by atoms with Crippen LogP contribution in [0.3, 0.4) is 0 Å². The number of aliphatic hydroxyl groups excluding tert-OH is 1. The van der Waals surface area contributed by atoms with Gasteiger partial charge in [0.15, 0.2) is 0 Å². The molecule has 1 atom stereocenters. The van der Waals surface area contributed by atoms with Crippen LogP contribution in [0.4, 0.5) is 0 Å². The summed E-state index contributed by atoms with van der Waals surface area (Å²) >= 11 is 0. The van der Waals surface area contributed by atoms with Crippen LogP contribution in [0.25, 0.3) is 0 Å². The summed E-state index contributed by atoms with van der Waals surface area (Å²) in [6.07, 6.45) is 11.5. The third kappa shape index (κ3) is 4.84. The fourth-order valence-electron chi connectivity index (χ4n) is 2.53. The number of hydrogen-bond acceptors (Lipinski definition) is 2. The molecule has 16 heavy (non-hydrogen) atoms. The van der Waals surface area contributed by atoms with E-state index < -0.39 is 0 Å². The molecule has 1 saturated carbocycles. The minimum absolute atomic E-state index is 0.0490. The maximum absolute atomic E-state index is 9.58.